The molecule has 2 saturated carbocycles. The first-order valence-electron chi connectivity index (χ1n) is 13.0. The Labute approximate surface area is 185 Å². The molecule has 0 unspecified atom stereocenters. The average molecular weight is 403 g/mol. The summed E-state index contributed by atoms with van der Waals surface area (Å²) in [4.78, 5) is 0. The van der Waals surface area contributed by atoms with E-state index in [-0.39, 0.29) is 0 Å². The third kappa shape index (κ3) is 5.01. The molecule has 0 saturated heterocycles. The Morgan fingerprint density at radius 2 is 0.900 bits per heavy atom. The molecule has 0 heterocycles. The monoisotopic (exact) mass is 402 g/mol. The second kappa shape index (κ2) is 10.7. The van der Waals surface area contributed by atoms with Gasteiger partial charge in [0.25, 0.3) is 0 Å². The number of benzene rings is 2. The third-order valence-corrected chi connectivity index (χ3v) is 8.18. The molecule has 0 aromatic heterocycles. The fourth-order valence-electron chi connectivity index (χ4n) is 6.54. The zero-order chi connectivity index (χ0) is 20.8. The van der Waals surface area contributed by atoms with E-state index in [0.29, 0.717) is 0 Å². The van der Waals surface area contributed by atoms with Crippen molar-refractivity contribution >= 4 is 0 Å². The number of hydrogen-bond donors (Lipinski definition) is 0. The van der Waals surface area contributed by atoms with E-state index in [4.69, 9.17) is 0 Å². The summed E-state index contributed by atoms with van der Waals surface area (Å²) in [6, 6.07) is 18.8. The molecule has 0 aliphatic heterocycles. The molecule has 0 atom stereocenters. The van der Waals surface area contributed by atoms with Crippen LogP contribution in [0, 0.1) is 11.8 Å². The van der Waals surface area contributed by atoms with Crippen LogP contribution in [0.25, 0.3) is 11.1 Å². The van der Waals surface area contributed by atoms with Gasteiger partial charge in [0.2, 0.25) is 0 Å². The minimum absolute atomic E-state index is 0.752. The van der Waals surface area contributed by atoms with Gasteiger partial charge in [0.05, 0.1) is 0 Å². The number of hydrogen-bond acceptors (Lipinski definition) is 0. The Kier molecular flexibility index (Phi) is 7.69. The fraction of sp³-hybridized carbons (Fsp3) is 0.600. The highest BCUT2D eigenvalue weighted by Gasteiger charge is 2.27. The normalized spacial score (nSPS) is 27.1. The molecular weight excluding hydrogens is 360 g/mol. The average Bonchev–Trinajstić information content (AvgIpc) is 2.81. The first-order chi connectivity index (χ1) is 14.8. The molecule has 162 valence electrons. The van der Waals surface area contributed by atoms with Crippen LogP contribution >= 0.6 is 0 Å². The van der Waals surface area contributed by atoms with E-state index in [1.807, 2.05) is 0 Å². The van der Waals surface area contributed by atoms with E-state index >= 15 is 0 Å². The first-order valence-corrected chi connectivity index (χ1v) is 13.0. The second-order valence-electron chi connectivity index (χ2n) is 10.2. The van der Waals surface area contributed by atoms with Crippen molar-refractivity contribution in [1.82, 2.24) is 0 Å². The smallest absolute Gasteiger partial charge is 0.0146 e. The summed E-state index contributed by atoms with van der Waals surface area (Å²) in [5, 5.41) is 0. The summed E-state index contributed by atoms with van der Waals surface area (Å²) in [6.45, 7) is 4.68. The maximum Gasteiger partial charge on any atom is -0.0146 e. The lowest BCUT2D eigenvalue weighted by Crippen LogP contribution is -2.15. The Morgan fingerprint density at radius 3 is 1.27 bits per heavy atom. The van der Waals surface area contributed by atoms with Gasteiger partial charge in [0, 0.05) is 0 Å². The van der Waals surface area contributed by atoms with Gasteiger partial charge in [0.15, 0.2) is 0 Å². The summed E-state index contributed by atoms with van der Waals surface area (Å²) in [6.07, 6.45) is 16.8. The van der Waals surface area contributed by atoms with Gasteiger partial charge in [-0.05, 0) is 97.3 Å². The molecule has 0 amide bonds. The lowest BCUT2D eigenvalue weighted by atomic mass is 9.73. The second-order valence-corrected chi connectivity index (χ2v) is 10.2. The summed E-state index contributed by atoms with van der Waals surface area (Å²) in [5.41, 5.74) is 6.31. The molecule has 0 radical (unpaired) electrons. The van der Waals surface area contributed by atoms with Crippen molar-refractivity contribution in [3.05, 3.63) is 59.7 Å². The highest BCUT2D eigenvalue weighted by Crippen LogP contribution is 2.45. The Balaban J connectivity index is 1.56. The van der Waals surface area contributed by atoms with Crippen LogP contribution in [0.15, 0.2) is 48.5 Å². The highest BCUT2D eigenvalue weighted by atomic mass is 14.3. The minimum Gasteiger partial charge on any atom is -0.0654 e. The molecule has 2 aliphatic carbocycles. The van der Waals surface area contributed by atoms with Crippen molar-refractivity contribution in [3.8, 4) is 11.1 Å². The Bertz CT molecular complexity index is 705. The van der Waals surface area contributed by atoms with E-state index in [9.17, 15) is 0 Å². The molecule has 0 spiro atoms. The van der Waals surface area contributed by atoms with Crippen molar-refractivity contribution < 1.29 is 0 Å². The summed E-state index contributed by atoms with van der Waals surface area (Å²) in [5.74, 6) is 3.46. The molecule has 0 N–H and O–H groups in total. The van der Waals surface area contributed by atoms with Gasteiger partial charge in [0.1, 0.15) is 0 Å². The van der Waals surface area contributed by atoms with Gasteiger partial charge in [-0.15, -0.1) is 0 Å². The van der Waals surface area contributed by atoms with Crippen LogP contribution in [-0.4, -0.2) is 0 Å². The van der Waals surface area contributed by atoms with E-state index in [0.717, 1.165) is 23.7 Å². The van der Waals surface area contributed by atoms with Crippen LogP contribution in [0.5, 0.6) is 0 Å². The van der Waals surface area contributed by atoms with Crippen LogP contribution in [0.2, 0.25) is 0 Å². The summed E-state index contributed by atoms with van der Waals surface area (Å²) >= 11 is 0. The molecular formula is C30H42. The molecule has 0 bridgehead atoms. The van der Waals surface area contributed by atoms with Gasteiger partial charge in [-0.3, -0.25) is 0 Å². The molecule has 0 heteroatoms. The van der Waals surface area contributed by atoms with Gasteiger partial charge in [-0.1, -0.05) is 88.1 Å². The summed E-state index contributed by atoms with van der Waals surface area (Å²) in [7, 11) is 0. The van der Waals surface area contributed by atoms with Crippen LogP contribution in [-0.2, 0) is 0 Å². The Hall–Kier alpha value is -1.56. The van der Waals surface area contributed by atoms with Gasteiger partial charge in [-0.25, -0.2) is 0 Å². The number of rotatable bonds is 7. The van der Waals surface area contributed by atoms with Crippen LogP contribution in [0.1, 0.15) is 114 Å². The topological polar surface area (TPSA) is 0 Å². The van der Waals surface area contributed by atoms with Crippen molar-refractivity contribution in [1.29, 1.82) is 0 Å². The maximum atomic E-state index is 2.44. The van der Waals surface area contributed by atoms with E-state index in [2.05, 4.69) is 62.4 Å². The SMILES string of the molecule is CCC[C@H]1CC[C@H](c2ccccc2-c2ccccc2[C@H]2CC[C@H](CCC)CC2)CC1. The van der Waals surface area contributed by atoms with Crippen LogP contribution < -0.4 is 0 Å². The van der Waals surface area contributed by atoms with Gasteiger partial charge < -0.3 is 0 Å². The highest BCUT2D eigenvalue weighted by molar-refractivity contribution is 5.72. The lowest BCUT2D eigenvalue weighted by molar-refractivity contribution is 0.307. The van der Waals surface area contributed by atoms with Crippen molar-refractivity contribution in [2.24, 2.45) is 11.8 Å². The van der Waals surface area contributed by atoms with Crippen molar-refractivity contribution in [2.75, 3.05) is 0 Å². The first kappa shape index (κ1) is 21.7. The maximum absolute atomic E-state index is 2.44. The largest absolute Gasteiger partial charge is 0.0654 e. The van der Waals surface area contributed by atoms with Crippen molar-refractivity contribution in [2.45, 2.75) is 103 Å². The lowest BCUT2D eigenvalue weighted by Gasteiger charge is -2.32. The minimum atomic E-state index is 0.752. The molecule has 2 aromatic carbocycles. The van der Waals surface area contributed by atoms with Crippen LogP contribution in [0.3, 0.4) is 0 Å². The van der Waals surface area contributed by atoms with Crippen molar-refractivity contribution in [3.63, 3.8) is 0 Å². The Morgan fingerprint density at radius 1 is 0.533 bits per heavy atom. The molecule has 2 fully saturated rings. The predicted molar refractivity (Wildman–Crippen MR) is 131 cm³/mol. The molecule has 2 aromatic rings. The van der Waals surface area contributed by atoms with E-state index in [1.165, 1.54) is 88.2 Å². The zero-order valence-corrected chi connectivity index (χ0v) is 19.4. The van der Waals surface area contributed by atoms with Gasteiger partial charge in [-0.2, -0.15) is 0 Å². The van der Waals surface area contributed by atoms with Crippen LogP contribution in [0.4, 0.5) is 0 Å². The summed E-state index contributed by atoms with van der Waals surface area (Å²) < 4.78 is 0. The quantitative estimate of drug-likeness (QED) is 0.432. The van der Waals surface area contributed by atoms with E-state index in [1.54, 1.807) is 11.1 Å². The fourth-order valence-corrected chi connectivity index (χ4v) is 6.54. The molecule has 2 aliphatic rings. The van der Waals surface area contributed by atoms with E-state index < -0.39 is 0 Å². The third-order valence-electron chi connectivity index (χ3n) is 8.18. The molecule has 4 rings (SSSR count). The molecule has 30 heavy (non-hydrogen) atoms. The zero-order valence-electron chi connectivity index (χ0n) is 19.4. The van der Waals surface area contributed by atoms with Gasteiger partial charge >= 0.3 is 0 Å². The predicted octanol–water partition coefficient (Wildman–Crippen LogP) is 9.50. The standard InChI is InChI=1S/C30H42/c1-3-9-23-15-19-25(20-16-23)27-11-5-7-13-29(27)30-14-8-6-12-28(30)26-21-17-24(10-4-2)18-22-26/h5-8,11-14,23-26H,3-4,9-10,15-22H2,1-2H3/t23-,24-,25-,26-. The molecule has 0 nitrogen and oxygen atoms in total.